The van der Waals surface area contributed by atoms with Gasteiger partial charge in [-0.05, 0) is 66.8 Å². The summed E-state index contributed by atoms with van der Waals surface area (Å²) in [6, 6.07) is 22.4. The number of ether oxygens (including phenoxy) is 1. The number of hydrogen-bond acceptors (Lipinski definition) is 3. The first kappa shape index (κ1) is 28.6. The van der Waals surface area contributed by atoms with Gasteiger partial charge >= 0.3 is 0 Å². The van der Waals surface area contributed by atoms with Gasteiger partial charge in [0, 0.05) is 30.5 Å². The Kier molecular flexibility index (Phi) is 10.8. The number of carbonyl (C=O) groups is 2. The number of rotatable bonds is 12. The topological polar surface area (TPSA) is 58.6 Å². The van der Waals surface area contributed by atoms with Crippen LogP contribution in [0.1, 0.15) is 56.1 Å². The van der Waals surface area contributed by atoms with Crippen molar-refractivity contribution in [2.24, 2.45) is 0 Å². The molecule has 1 saturated carbocycles. The molecule has 206 valence electrons. The molecule has 0 spiro atoms. The van der Waals surface area contributed by atoms with Gasteiger partial charge in [-0.25, -0.2) is 4.39 Å². The summed E-state index contributed by atoms with van der Waals surface area (Å²) in [4.78, 5) is 29.1. The van der Waals surface area contributed by atoms with Crippen LogP contribution in [0.25, 0.3) is 0 Å². The summed E-state index contributed by atoms with van der Waals surface area (Å²) in [7, 11) is 0. The zero-order valence-electron chi connectivity index (χ0n) is 22.2. The van der Waals surface area contributed by atoms with Crippen LogP contribution in [0.2, 0.25) is 5.02 Å². The maximum absolute atomic E-state index is 13.7. The molecular formula is C32H36ClFN2O3. The highest BCUT2D eigenvalue weighted by molar-refractivity contribution is 6.30. The molecule has 0 aliphatic heterocycles. The normalized spacial score (nSPS) is 14.4. The van der Waals surface area contributed by atoms with Crippen LogP contribution in [-0.2, 0) is 22.6 Å². The van der Waals surface area contributed by atoms with Gasteiger partial charge < -0.3 is 15.0 Å². The number of amides is 2. The third kappa shape index (κ3) is 9.10. The number of nitrogens with one attached hydrogen (secondary N) is 1. The highest BCUT2D eigenvalue weighted by Crippen LogP contribution is 2.21. The molecule has 1 aliphatic rings. The van der Waals surface area contributed by atoms with Gasteiger partial charge in [0.1, 0.15) is 17.6 Å². The van der Waals surface area contributed by atoms with Crippen LogP contribution in [-0.4, -0.2) is 35.4 Å². The summed E-state index contributed by atoms with van der Waals surface area (Å²) in [6.45, 7) is 0.572. The van der Waals surface area contributed by atoms with Crippen LogP contribution >= 0.6 is 11.6 Å². The summed E-state index contributed by atoms with van der Waals surface area (Å²) in [6.07, 6.45) is 6.40. The van der Waals surface area contributed by atoms with Gasteiger partial charge in [-0.2, -0.15) is 0 Å². The van der Waals surface area contributed by atoms with Crippen LogP contribution in [0.15, 0.2) is 78.9 Å². The number of nitrogens with zero attached hydrogens (tertiary/aromatic N) is 1. The third-order valence-electron chi connectivity index (χ3n) is 7.11. The van der Waals surface area contributed by atoms with Crippen molar-refractivity contribution in [2.75, 3.05) is 6.61 Å². The summed E-state index contributed by atoms with van der Waals surface area (Å²) < 4.78 is 19.4. The average Bonchev–Trinajstić information content (AvgIpc) is 2.96. The van der Waals surface area contributed by atoms with Gasteiger partial charge in [0.2, 0.25) is 11.8 Å². The van der Waals surface area contributed by atoms with Gasteiger partial charge in [-0.1, -0.05) is 73.3 Å². The van der Waals surface area contributed by atoms with E-state index in [0.29, 0.717) is 30.2 Å². The van der Waals surface area contributed by atoms with E-state index < -0.39 is 6.04 Å². The SMILES string of the molecule is O=C(NC1CCCCC1)[C@@H](Cc1ccccc1)N(Cc1ccc(F)cc1)C(=O)CCCOc1ccc(Cl)cc1. The van der Waals surface area contributed by atoms with Gasteiger partial charge in [0.05, 0.1) is 6.61 Å². The Morgan fingerprint density at radius 3 is 2.31 bits per heavy atom. The predicted octanol–water partition coefficient (Wildman–Crippen LogP) is 6.73. The smallest absolute Gasteiger partial charge is 0.243 e. The number of halogens is 2. The van der Waals surface area contributed by atoms with Crippen LogP contribution in [0.3, 0.4) is 0 Å². The summed E-state index contributed by atoms with van der Waals surface area (Å²) >= 11 is 5.94. The lowest BCUT2D eigenvalue weighted by Crippen LogP contribution is -2.52. The van der Waals surface area contributed by atoms with Gasteiger partial charge in [0.15, 0.2) is 0 Å². The third-order valence-corrected chi connectivity index (χ3v) is 7.36. The van der Waals surface area contributed by atoms with Crippen molar-refractivity contribution in [3.8, 4) is 5.75 Å². The molecule has 0 radical (unpaired) electrons. The fourth-order valence-electron chi connectivity index (χ4n) is 4.97. The lowest BCUT2D eigenvalue weighted by atomic mass is 9.94. The largest absolute Gasteiger partial charge is 0.494 e. The zero-order valence-corrected chi connectivity index (χ0v) is 22.9. The lowest BCUT2D eigenvalue weighted by molar-refractivity contribution is -0.141. The average molecular weight is 551 g/mol. The van der Waals surface area contributed by atoms with E-state index in [9.17, 15) is 14.0 Å². The Bertz CT molecular complexity index is 1180. The van der Waals surface area contributed by atoms with Crippen LogP contribution in [0, 0.1) is 5.82 Å². The molecule has 2 amide bonds. The molecule has 0 unspecified atom stereocenters. The molecule has 4 rings (SSSR count). The maximum atomic E-state index is 13.7. The van der Waals surface area contributed by atoms with Gasteiger partial charge in [0.25, 0.3) is 0 Å². The van der Waals surface area contributed by atoms with E-state index in [4.69, 9.17) is 16.3 Å². The summed E-state index contributed by atoms with van der Waals surface area (Å²) in [5.74, 6) is 0.0630. The Hall–Kier alpha value is -3.38. The second-order valence-electron chi connectivity index (χ2n) is 10.1. The van der Waals surface area contributed by atoms with Crippen LogP contribution in [0.4, 0.5) is 4.39 Å². The zero-order chi connectivity index (χ0) is 27.5. The van der Waals surface area contributed by atoms with Crippen molar-refractivity contribution >= 4 is 23.4 Å². The molecule has 0 heterocycles. The molecule has 39 heavy (non-hydrogen) atoms. The monoisotopic (exact) mass is 550 g/mol. The minimum atomic E-state index is -0.691. The second-order valence-corrected chi connectivity index (χ2v) is 10.5. The van der Waals surface area contributed by atoms with Gasteiger partial charge in [-0.3, -0.25) is 9.59 Å². The Labute approximate surface area is 235 Å². The standard InChI is InChI=1S/C32H36ClFN2O3/c33-26-15-19-29(20-16-26)39-21-7-12-31(37)36(23-25-13-17-27(34)18-14-25)30(22-24-8-3-1-4-9-24)32(38)35-28-10-5-2-6-11-28/h1,3-4,8-9,13-20,28,30H,2,5-7,10-12,21-23H2,(H,35,38)/t30-/m1/s1. The molecule has 0 bridgehead atoms. The minimum absolute atomic E-state index is 0.125. The van der Waals surface area contributed by atoms with E-state index in [1.807, 2.05) is 30.3 Å². The summed E-state index contributed by atoms with van der Waals surface area (Å²) in [5.41, 5.74) is 1.75. The number of benzene rings is 3. The molecule has 1 atom stereocenters. The first-order valence-electron chi connectivity index (χ1n) is 13.7. The van der Waals surface area contributed by atoms with E-state index in [2.05, 4.69) is 5.32 Å². The number of carbonyl (C=O) groups excluding carboxylic acids is 2. The van der Waals surface area contributed by atoms with E-state index in [-0.39, 0.29) is 36.6 Å². The van der Waals surface area contributed by atoms with Crippen molar-refractivity contribution < 1.29 is 18.7 Å². The van der Waals surface area contributed by atoms with E-state index in [1.54, 1.807) is 41.3 Å². The first-order chi connectivity index (χ1) is 19.0. The maximum Gasteiger partial charge on any atom is 0.243 e. The molecular weight excluding hydrogens is 515 g/mol. The Morgan fingerprint density at radius 1 is 0.923 bits per heavy atom. The fourth-order valence-corrected chi connectivity index (χ4v) is 5.10. The second kappa shape index (κ2) is 14.7. The minimum Gasteiger partial charge on any atom is -0.494 e. The van der Waals surface area contributed by atoms with Crippen molar-refractivity contribution in [1.29, 1.82) is 0 Å². The van der Waals surface area contributed by atoms with Crippen molar-refractivity contribution in [1.82, 2.24) is 10.2 Å². The Morgan fingerprint density at radius 2 is 1.62 bits per heavy atom. The fraction of sp³-hybridized carbons (Fsp3) is 0.375. The van der Waals surface area contributed by atoms with Gasteiger partial charge in [-0.15, -0.1) is 0 Å². The lowest BCUT2D eigenvalue weighted by Gasteiger charge is -2.33. The van der Waals surface area contributed by atoms with Crippen LogP contribution in [0.5, 0.6) is 5.75 Å². The number of hydrogen-bond donors (Lipinski definition) is 1. The molecule has 1 N–H and O–H groups in total. The summed E-state index contributed by atoms with van der Waals surface area (Å²) in [5, 5.41) is 3.86. The molecule has 1 fully saturated rings. The van der Waals surface area contributed by atoms with Crippen molar-refractivity contribution in [3.63, 3.8) is 0 Å². The highest BCUT2D eigenvalue weighted by Gasteiger charge is 2.31. The molecule has 0 saturated heterocycles. The van der Waals surface area contributed by atoms with Crippen molar-refractivity contribution in [2.45, 2.75) is 70.0 Å². The predicted molar refractivity (Wildman–Crippen MR) is 152 cm³/mol. The highest BCUT2D eigenvalue weighted by atomic mass is 35.5. The Balaban J connectivity index is 1.51. The van der Waals surface area contributed by atoms with E-state index in [0.717, 1.165) is 36.8 Å². The molecule has 7 heteroatoms. The molecule has 0 aromatic heterocycles. The first-order valence-corrected chi connectivity index (χ1v) is 14.1. The van der Waals surface area contributed by atoms with Crippen molar-refractivity contribution in [3.05, 3.63) is 101 Å². The molecule has 3 aromatic rings. The molecule has 1 aliphatic carbocycles. The van der Waals surface area contributed by atoms with Crippen LogP contribution < -0.4 is 10.1 Å². The van der Waals surface area contributed by atoms with E-state index >= 15 is 0 Å². The van der Waals surface area contributed by atoms with E-state index in [1.165, 1.54) is 18.6 Å². The quantitative estimate of drug-likeness (QED) is 0.254. The molecule has 3 aromatic carbocycles. The molecule has 5 nitrogen and oxygen atoms in total.